The summed E-state index contributed by atoms with van der Waals surface area (Å²) in [5.41, 5.74) is 2.98. The Morgan fingerprint density at radius 3 is 3.00 bits per heavy atom. The van der Waals surface area contributed by atoms with Crippen LogP contribution in [-0.4, -0.2) is 29.3 Å². The molecule has 0 saturated carbocycles. The van der Waals surface area contributed by atoms with Crippen LogP contribution in [0.5, 0.6) is 11.5 Å². The van der Waals surface area contributed by atoms with E-state index in [1.165, 1.54) is 11.3 Å². The Kier molecular flexibility index (Phi) is 4.21. The summed E-state index contributed by atoms with van der Waals surface area (Å²) in [6, 6.07) is 13.0. The van der Waals surface area contributed by atoms with Gasteiger partial charge in [-0.05, 0) is 48.9 Å². The number of benzene rings is 2. The molecule has 1 N–H and O–H groups in total. The minimum Gasteiger partial charge on any atom is -0.497 e. The van der Waals surface area contributed by atoms with E-state index in [9.17, 15) is 4.79 Å². The molecule has 1 aliphatic heterocycles. The van der Waals surface area contributed by atoms with E-state index in [1.54, 1.807) is 13.2 Å². The van der Waals surface area contributed by atoms with Crippen LogP contribution in [0, 0.1) is 0 Å². The first-order chi connectivity index (χ1) is 14.1. The molecule has 2 aromatic heterocycles. The van der Waals surface area contributed by atoms with Gasteiger partial charge in [0.05, 0.1) is 17.3 Å². The van der Waals surface area contributed by atoms with Crippen LogP contribution in [0.25, 0.3) is 21.5 Å². The number of hydrogen-bond acceptors (Lipinski definition) is 7. The van der Waals surface area contributed by atoms with Crippen molar-refractivity contribution in [3.05, 3.63) is 53.7 Å². The number of fused-ring (bicyclic) bond motifs is 2. The van der Waals surface area contributed by atoms with Crippen LogP contribution in [0.4, 0.5) is 5.13 Å². The van der Waals surface area contributed by atoms with Gasteiger partial charge in [-0.25, -0.2) is 4.98 Å². The summed E-state index contributed by atoms with van der Waals surface area (Å²) in [6.07, 6.45) is 1.03. The molecule has 0 fully saturated rings. The number of carbonyl (C=O) groups is 1. The van der Waals surface area contributed by atoms with E-state index in [-0.39, 0.29) is 17.7 Å². The van der Waals surface area contributed by atoms with Gasteiger partial charge in [-0.2, -0.15) is 0 Å². The van der Waals surface area contributed by atoms with Gasteiger partial charge in [0.25, 0.3) is 5.91 Å². The number of carbonyl (C=O) groups excluding carboxylic acids is 1. The highest BCUT2D eigenvalue weighted by atomic mass is 32.1. The number of ether oxygens (including phenoxy) is 2. The summed E-state index contributed by atoms with van der Waals surface area (Å²) < 4.78 is 17.3. The number of nitrogens with one attached hydrogen (secondary N) is 1. The van der Waals surface area contributed by atoms with Crippen molar-refractivity contribution in [1.82, 2.24) is 10.1 Å². The van der Waals surface area contributed by atoms with Crippen molar-refractivity contribution in [2.45, 2.75) is 19.4 Å². The third kappa shape index (κ3) is 3.31. The maximum Gasteiger partial charge on any atom is 0.279 e. The lowest BCUT2D eigenvalue weighted by Gasteiger charge is -2.02. The SMILES string of the molecule is COc1ccc2nc(NC(=O)c3cc(-c4ccc5c(c4)CC(C)O5)on3)sc2c1. The number of rotatable bonds is 4. The highest BCUT2D eigenvalue weighted by molar-refractivity contribution is 7.22. The number of methoxy groups -OCH3 is 1. The van der Waals surface area contributed by atoms with Gasteiger partial charge in [0.1, 0.15) is 17.6 Å². The normalized spacial score (nSPS) is 15.2. The molecule has 0 saturated heterocycles. The zero-order valence-corrected chi connectivity index (χ0v) is 16.6. The molecule has 29 heavy (non-hydrogen) atoms. The predicted octanol–water partition coefficient (Wildman–Crippen LogP) is 4.54. The van der Waals surface area contributed by atoms with Crippen LogP contribution in [0.1, 0.15) is 23.0 Å². The first-order valence-corrected chi connectivity index (χ1v) is 9.93. The van der Waals surface area contributed by atoms with Crippen molar-refractivity contribution in [2.24, 2.45) is 0 Å². The predicted molar refractivity (Wildman–Crippen MR) is 110 cm³/mol. The molecular weight excluding hydrogens is 390 g/mol. The van der Waals surface area contributed by atoms with Gasteiger partial charge in [0, 0.05) is 18.1 Å². The van der Waals surface area contributed by atoms with Crippen molar-refractivity contribution >= 4 is 32.6 Å². The fourth-order valence-corrected chi connectivity index (χ4v) is 4.23. The lowest BCUT2D eigenvalue weighted by atomic mass is 10.1. The summed E-state index contributed by atoms with van der Waals surface area (Å²) in [4.78, 5) is 17.0. The van der Waals surface area contributed by atoms with Crippen molar-refractivity contribution in [1.29, 1.82) is 0 Å². The van der Waals surface area contributed by atoms with E-state index < -0.39 is 0 Å². The highest BCUT2D eigenvalue weighted by Gasteiger charge is 2.21. The highest BCUT2D eigenvalue weighted by Crippen LogP contribution is 2.33. The largest absolute Gasteiger partial charge is 0.497 e. The summed E-state index contributed by atoms with van der Waals surface area (Å²) in [6.45, 7) is 2.04. The Morgan fingerprint density at radius 1 is 1.24 bits per heavy atom. The molecule has 7 nitrogen and oxygen atoms in total. The standard InChI is InChI=1S/C21H17N3O4S/c1-11-7-13-8-12(3-6-17(13)27-11)18-10-16(24-28-18)20(25)23-21-22-15-5-4-14(26-2)9-19(15)29-21/h3-6,8-11H,7H2,1-2H3,(H,22,23,25). The maximum atomic E-state index is 12.6. The van der Waals surface area contributed by atoms with Gasteiger partial charge >= 0.3 is 0 Å². The Labute approximate surface area is 170 Å². The van der Waals surface area contributed by atoms with Gasteiger partial charge in [0.15, 0.2) is 16.6 Å². The molecule has 2 aromatic carbocycles. The van der Waals surface area contributed by atoms with Crippen molar-refractivity contribution in [3.8, 4) is 22.8 Å². The zero-order chi connectivity index (χ0) is 20.0. The third-order valence-electron chi connectivity index (χ3n) is 4.74. The third-order valence-corrected chi connectivity index (χ3v) is 5.67. The molecule has 8 heteroatoms. The quantitative estimate of drug-likeness (QED) is 0.535. The Morgan fingerprint density at radius 2 is 2.14 bits per heavy atom. The van der Waals surface area contributed by atoms with E-state index in [0.29, 0.717) is 10.9 Å². The number of thiazole rings is 1. The second-order valence-electron chi connectivity index (χ2n) is 6.84. The van der Waals surface area contributed by atoms with Gasteiger partial charge in [0.2, 0.25) is 0 Å². The molecule has 0 bridgehead atoms. The Hall–Kier alpha value is -3.39. The topological polar surface area (TPSA) is 86.5 Å². The molecule has 0 spiro atoms. The van der Waals surface area contributed by atoms with Gasteiger partial charge in [-0.15, -0.1) is 0 Å². The molecule has 1 atom stereocenters. The summed E-state index contributed by atoms with van der Waals surface area (Å²) >= 11 is 1.37. The van der Waals surface area contributed by atoms with E-state index >= 15 is 0 Å². The number of amides is 1. The molecule has 0 radical (unpaired) electrons. The molecule has 5 rings (SSSR count). The van der Waals surface area contributed by atoms with E-state index in [1.807, 2.05) is 43.3 Å². The fourth-order valence-electron chi connectivity index (χ4n) is 3.34. The molecule has 1 unspecified atom stereocenters. The average molecular weight is 407 g/mol. The molecule has 3 heterocycles. The molecular formula is C21H17N3O4S. The van der Waals surface area contributed by atoms with Crippen molar-refractivity contribution < 1.29 is 18.8 Å². The van der Waals surface area contributed by atoms with Crippen LogP contribution in [-0.2, 0) is 6.42 Å². The Balaban J connectivity index is 1.35. The van der Waals surface area contributed by atoms with Crippen LogP contribution in [0.2, 0.25) is 0 Å². The monoisotopic (exact) mass is 407 g/mol. The summed E-state index contributed by atoms with van der Waals surface area (Å²) in [5.74, 6) is 1.80. The van der Waals surface area contributed by atoms with Crippen molar-refractivity contribution in [2.75, 3.05) is 12.4 Å². The maximum absolute atomic E-state index is 12.6. The summed E-state index contributed by atoms with van der Waals surface area (Å²) in [7, 11) is 1.61. The lowest BCUT2D eigenvalue weighted by molar-refractivity contribution is 0.101. The number of aromatic nitrogens is 2. The van der Waals surface area contributed by atoms with E-state index in [2.05, 4.69) is 15.5 Å². The van der Waals surface area contributed by atoms with Gasteiger partial charge < -0.3 is 14.0 Å². The van der Waals surface area contributed by atoms with Gasteiger partial charge in [-0.3, -0.25) is 10.1 Å². The number of hydrogen-bond donors (Lipinski definition) is 1. The van der Waals surface area contributed by atoms with E-state index in [0.717, 1.165) is 39.3 Å². The Bertz CT molecular complexity index is 1230. The molecule has 146 valence electrons. The minimum atomic E-state index is -0.371. The van der Waals surface area contributed by atoms with Crippen LogP contribution in [0.3, 0.4) is 0 Å². The smallest absolute Gasteiger partial charge is 0.279 e. The van der Waals surface area contributed by atoms with Crippen LogP contribution >= 0.6 is 11.3 Å². The molecule has 1 aliphatic rings. The first kappa shape index (κ1) is 17.7. The summed E-state index contributed by atoms with van der Waals surface area (Å²) in [5, 5.41) is 7.19. The minimum absolute atomic E-state index is 0.171. The lowest BCUT2D eigenvalue weighted by Crippen LogP contribution is -2.11. The van der Waals surface area contributed by atoms with Crippen molar-refractivity contribution in [3.63, 3.8) is 0 Å². The second kappa shape index (κ2) is 6.89. The number of nitrogens with zero attached hydrogens (tertiary/aromatic N) is 2. The fraction of sp³-hybridized carbons (Fsp3) is 0.190. The van der Waals surface area contributed by atoms with Crippen LogP contribution < -0.4 is 14.8 Å². The second-order valence-corrected chi connectivity index (χ2v) is 7.87. The molecule has 0 aliphatic carbocycles. The average Bonchev–Trinajstić information content (AvgIpc) is 3.43. The van der Waals surface area contributed by atoms with E-state index in [4.69, 9.17) is 14.0 Å². The molecule has 1 amide bonds. The van der Waals surface area contributed by atoms with Crippen LogP contribution in [0.15, 0.2) is 47.0 Å². The number of anilines is 1. The zero-order valence-electron chi connectivity index (χ0n) is 15.8. The first-order valence-electron chi connectivity index (χ1n) is 9.11. The van der Waals surface area contributed by atoms with Gasteiger partial charge in [-0.1, -0.05) is 16.5 Å². The molecule has 4 aromatic rings.